The number of hydrogen-bond donors (Lipinski definition) is 1. The number of nitrogens with two attached hydrogens (primary N) is 1. The Labute approximate surface area is 136 Å². The van der Waals surface area contributed by atoms with E-state index >= 15 is 0 Å². The SMILES string of the molecule is CCc1nn(CC)c(CS(=O)c2ccc(N)c(Cl)c2)c1Cl. The minimum atomic E-state index is -1.25. The fourth-order valence-corrected chi connectivity index (χ4v) is 3.85. The van der Waals surface area contributed by atoms with E-state index in [-0.39, 0.29) is 0 Å². The van der Waals surface area contributed by atoms with E-state index in [4.69, 9.17) is 28.9 Å². The molecule has 0 amide bonds. The number of nitrogen functional groups attached to an aromatic ring is 1. The monoisotopic (exact) mass is 345 g/mol. The molecule has 0 spiro atoms. The van der Waals surface area contributed by atoms with E-state index < -0.39 is 10.8 Å². The van der Waals surface area contributed by atoms with Gasteiger partial charge in [0.05, 0.1) is 43.7 Å². The van der Waals surface area contributed by atoms with Crippen LogP contribution in [0.5, 0.6) is 0 Å². The van der Waals surface area contributed by atoms with Gasteiger partial charge in [0.2, 0.25) is 0 Å². The van der Waals surface area contributed by atoms with E-state index in [0.29, 0.717) is 32.9 Å². The van der Waals surface area contributed by atoms with E-state index in [1.807, 2.05) is 13.8 Å². The van der Waals surface area contributed by atoms with Crippen LogP contribution >= 0.6 is 23.2 Å². The predicted molar refractivity (Wildman–Crippen MR) is 88.3 cm³/mol. The second-order valence-electron chi connectivity index (χ2n) is 4.55. The number of rotatable bonds is 5. The van der Waals surface area contributed by atoms with Crippen molar-refractivity contribution in [1.29, 1.82) is 0 Å². The largest absolute Gasteiger partial charge is 0.398 e. The zero-order valence-electron chi connectivity index (χ0n) is 11.9. The molecule has 0 aliphatic carbocycles. The maximum Gasteiger partial charge on any atom is 0.0859 e. The molecule has 1 heterocycles. The third kappa shape index (κ3) is 3.42. The van der Waals surface area contributed by atoms with Crippen molar-refractivity contribution in [1.82, 2.24) is 9.78 Å². The number of aromatic nitrogens is 2. The van der Waals surface area contributed by atoms with Crippen molar-refractivity contribution < 1.29 is 4.21 Å². The molecule has 0 bridgehead atoms. The average molecular weight is 346 g/mol. The van der Waals surface area contributed by atoms with Gasteiger partial charge in [0.25, 0.3) is 0 Å². The summed E-state index contributed by atoms with van der Waals surface area (Å²) in [5, 5.41) is 5.44. The molecule has 2 N–H and O–H groups in total. The standard InChI is InChI=1S/C14H17Cl2N3OS/c1-3-12-14(16)13(19(4-2)18-12)8-21(20)9-5-6-11(17)10(15)7-9/h5-7H,3-4,8,17H2,1-2H3. The zero-order chi connectivity index (χ0) is 15.6. The first-order chi connectivity index (χ1) is 9.97. The molecule has 1 aromatic carbocycles. The first-order valence-electron chi connectivity index (χ1n) is 6.65. The molecule has 1 atom stereocenters. The number of aryl methyl sites for hydroxylation is 2. The Balaban J connectivity index is 2.31. The normalized spacial score (nSPS) is 12.6. The maximum absolute atomic E-state index is 12.5. The van der Waals surface area contributed by atoms with Crippen LogP contribution in [0.15, 0.2) is 23.1 Å². The summed E-state index contributed by atoms with van der Waals surface area (Å²) in [6, 6.07) is 5.01. The molecule has 0 fully saturated rings. The van der Waals surface area contributed by atoms with Gasteiger partial charge in [-0.2, -0.15) is 5.10 Å². The van der Waals surface area contributed by atoms with Crippen molar-refractivity contribution in [2.75, 3.05) is 5.73 Å². The van der Waals surface area contributed by atoms with Crippen LogP contribution in [0, 0.1) is 0 Å². The van der Waals surface area contributed by atoms with E-state index in [1.54, 1.807) is 22.9 Å². The van der Waals surface area contributed by atoms with Gasteiger partial charge >= 0.3 is 0 Å². The third-order valence-corrected chi connectivity index (χ3v) is 5.28. The lowest BCUT2D eigenvalue weighted by atomic mass is 10.3. The molecule has 0 aliphatic rings. The van der Waals surface area contributed by atoms with E-state index in [2.05, 4.69) is 5.10 Å². The fourth-order valence-electron chi connectivity index (χ4n) is 2.01. The Hall–Kier alpha value is -1.04. The lowest BCUT2D eigenvalue weighted by Gasteiger charge is -2.07. The number of anilines is 1. The topological polar surface area (TPSA) is 60.9 Å². The Bertz CT molecular complexity index is 685. The Morgan fingerprint density at radius 2 is 2.05 bits per heavy atom. The first-order valence-corrected chi connectivity index (χ1v) is 8.72. The fraction of sp³-hybridized carbons (Fsp3) is 0.357. The van der Waals surface area contributed by atoms with Gasteiger partial charge in [-0.1, -0.05) is 30.1 Å². The molecule has 2 rings (SSSR count). The lowest BCUT2D eigenvalue weighted by molar-refractivity contribution is 0.623. The van der Waals surface area contributed by atoms with Gasteiger partial charge in [-0.25, -0.2) is 0 Å². The average Bonchev–Trinajstić information content (AvgIpc) is 2.78. The van der Waals surface area contributed by atoms with Gasteiger partial charge in [0.1, 0.15) is 0 Å². The van der Waals surface area contributed by atoms with Crippen LogP contribution in [0.1, 0.15) is 25.2 Å². The molecular formula is C14H17Cl2N3OS. The van der Waals surface area contributed by atoms with Crippen molar-refractivity contribution in [3.63, 3.8) is 0 Å². The highest BCUT2D eigenvalue weighted by Gasteiger charge is 2.17. The summed E-state index contributed by atoms with van der Waals surface area (Å²) in [4.78, 5) is 0.632. The zero-order valence-corrected chi connectivity index (χ0v) is 14.2. The lowest BCUT2D eigenvalue weighted by Crippen LogP contribution is -2.06. The molecule has 114 valence electrons. The minimum Gasteiger partial charge on any atom is -0.398 e. The molecule has 0 saturated heterocycles. The number of halogens is 2. The third-order valence-electron chi connectivity index (χ3n) is 3.20. The molecular weight excluding hydrogens is 329 g/mol. The minimum absolute atomic E-state index is 0.305. The molecule has 0 saturated carbocycles. The van der Waals surface area contributed by atoms with Crippen LogP contribution in [0.2, 0.25) is 10.0 Å². The van der Waals surface area contributed by atoms with Crippen LogP contribution < -0.4 is 5.73 Å². The summed E-state index contributed by atoms with van der Waals surface area (Å²) in [5.41, 5.74) is 7.77. The second kappa shape index (κ2) is 6.81. The van der Waals surface area contributed by atoms with Crippen LogP contribution in [-0.4, -0.2) is 14.0 Å². The first kappa shape index (κ1) is 16.3. The Morgan fingerprint density at radius 3 is 2.62 bits per heavy atom. The van der Waals surface area contributed by atoms with Gasteiger partial charge in [0, 0.05) is 11.4 Å². The predicted octanol–water partition coefficient (Wildman–Crippen LogP) is 3.66. The van der Waals surface area contributed by atoms with Gasteiger partial charge in [-0.15, -0.1) is 0 Å². The number of nitrogens with zero attached hydrogens (tertiary/aromatic N) is 2. The number of benzene rings is 1. The van der Waals surface area contributed by atoms with Crippen LogP contribution in [-0.2, 0) is 29.5 Å². The summed E-state index contributed by atoms with van der Waals surface area (Å²) < 4.78 is 14.3. The van der Waals surface area contributed by atoms with Crippen LogP contribution in [0.4, 0.5) is 5.69 Å². The molecule has 7 heteroatoms. The van der Waals surface area contributed by atoms with Crippen molar-refractivity contribution in [2.24, 2.45) is 0 Å². The van der Waals surface area contributed by atoms with Crippen molar-refractivity contribution >= 4 is 39.7 Å². The summed E-state index contributed by atoms with van der Waals surface area (Å²) in [6.45, 7) is 4.67. The van der Waals surface area contributed by atoms with E-state index in [9.17, 15) is 4.21 Å². The smallest absolute Gasteiger partial charge is 0.0859 e. The molecule has 21 heavy (non-hydrogen) atoms. The molecule has 0 radical (unpaired) electrons. The summed E-state index contributed by atoms with van der Waals surface area (Å²) in [6.07, 6.45) is 0.749. The molecule has 1 unspecified atom stereocenters. The maximum atomic E-state index is 12.5. The number of hydrogen-bond acceptors (Lipinski definition) is 3. The Kier molecular flexibility index (Phi) is 5.30. The highest BCUT2D eigenvalue weighted by molar-refractivity contribution is 7.84. The summed E-state index contributed by atoms with van der Waals surface area (Å²) in [7, 11) is -1.25. The molecule has 1 aromatic heterocycles. The summed E-state index contributed by atoms with van der Waals surface area (Å²) >= 11 is 12.3. The van der Waals surface area contributed by atoms with Crippen molar-refractivity contribution in [3.8, 4) is 0 Å². The highest BCUT2D eigenvalue weighted by Crippen LogP contribution is 2.26. The van der Waals surface area contributed by atoms with Gasteiger partial charge in [-0.05, 0) is 31.5 Å². The van der Waals surface area contributed by atoms with Crippen LogP contribution in [0.25, 0.3) is 0 Å². The summed E-state index contributed by atoms with van der Waals surface area (Å²) in [5.74, 6) is 0.305. The molecule has 4 nitrogen and oxygen atoms in total. The van der Waals surface area contributed by atoms with Crippen molar-refractivity contribution in [3.05, 3.63) is 39.6 Å². The highest BCUT2D eigenvalue weighted by atomic mass is 35.5. The Morgan fingerprint density at radius 1 is 1.33 bits per heavy atom. The molecule has 2 aromatic rings. The van der Waals surface area contributed by atoms with Crippen molar-refractivity contribution in [2.45, 2.75) is 37.5 Å². The second-order valence-corrected chi connectivity index (χ2v) is 6.79. The van der Waals surface area contributed by atoms with Crippen LogP contribution in [0.3, 0.4) is 0 Å². The quantitative estimate of drug-likeness (QED) is 0.841. The molecule has 0 aliphatic heterocycles. The van der Waals surface area contributed by atoms with E-state index in [0.717, 1.165) is 17.8 Å². The van der Waals surface area contributed by atoms with Gasteiger partial charge in [-0.3, -0.25) is 8.89 Å². The van der Waals surface area contributed by atoms with Gasteiger partial charge < -0.3 is 5.73 Å². The van der Waals surface area contributed by atoms with Gasteiger partial charge in [0.15, 0.2) is 0 Å². The van der Waals surface area contributed by atoms with E-state index in [1.165, 1.54) is 0 Å².